The van der Waals surface area contributed by atoms with Crippen LogP contribution >= 0.6 is 0 Å². The maximum absolute atomic E-state index is 6.04. The van der Waals surface area contributed by atoms with Gasteiger partial charge in [0.15, 0.2) is 0 Å². The minimum atomic E-state index is 0.243. The van der Waals surface area contributed by atoms with Crippen molar-refractivity contribution < 1.29 is 4.74 Å². The van der Waals surface area contributed by atoms with Crippen molar-refractivity contribution in [2.75, 3.05) is 33.3 Å². The Morgan fingerprint density at radius 1 is 1.24 bits per heavy atom. The normalized spacial score (nSPS) is 21.4. The third-order valence-electron chi connectivity index (χ3n) is 4.28. The Balaban J connectivity index is 2.04. The molecule has 118 valence electrons. The molecule has 1 aromatic rings. The van der Waals surface area contributed by atoms with Gasteiger partial charge in [-0.15, -0.1) is 0 Å². The Bertz CT molecular complexity index is 402. The van der Waals surface area contributed by atoms with E-state index in [1.807, 2.05) is 7.05 Å². The molecule has 1 N–H and O–H groups in total. The van der Waals surface area contributed by atoms with E-state index in [0.717, 1.165) is 26.1 Å². The van der Waals surface area contributed by atoms with Crippen LogP contribution in [0.5, 0.6) is 0 Å². The molecule has 2 unspecified atom stereocenters. The van der Waals surface area contributed by atoms with Crippen LogP contribution in [0, 0.1) is 0 Å². The van der Waals surface area contributed by atoms with Crippen molar-refractivity contribution in [2.24, 2.45) is 0 Å². The molecular weight excluding hydrogens is 260 g/mol. The van der Waals surface area contributed by atoms with Gasteiger partial charge in [-0.1, -0.05) is 44.5 Å². The van der Waals surface area contributed by atoms with E-state index >= 15 is 0 Å². The molecule has 2 rings (SSSR count). The van der Waals surface area contributed by atoms with Crippen LogP contribution in [0.3, 0.4) is 0 Å². The minimum Gasteiger partial charge on any atom is -0.374 e. The molecule has 1 aromatic carbocycles. The van der Waals surface area contributed by atoms with Crippen molar-refractivity contribution in [1.82, 2.24) is 10.2 Å². The lowest BCUT2D eigenvalue weighted by Crippen LogP contribution is -2.47. The van der Waals surface area contributed by atoms with Crippen molar-refractivity contribution >= 4 is 0 Å². The van der Waals surface area contributed by atoms with Gasteiger partial charge in [0.2, 0.25) is 0 Å². The van der Waals surface area contributed by atoms with Gasteiger partial charge in [-0.3, -0.25) is 4.90 Å². The highest BCUT2D eigenvalue weighted by Gasteiger charge is 2.27. The van der Waals surface area contributed by atoms with E-state index in [-0.39, 0.29) is 12.1 Å². The second-order valence-corrected chi connectivity index (χ2v) is 5.97. The van der Waals surface area contributed by atoms with Crippen LogP contribution in [0.2, 0.25) is 0 Å². The molecule has 1 fully saturated rings. The lowest BCUT2D eigenvalue weighted by Gasteiger charge is -2.37. The Morgan fingerprint density at radius 2 is 2.00 bits per heavy atom. The van der Waals surface area contributed by atoms with E-state index in [4.69, 9.17) is 4.74 Å². The topological polar surface area (TPSA) is 24.5 Å². The fourth-order valence-electron chi connectivity index (χ4n) is 3.20. The summed E-state index contributed by atoms with van der Waals surface area (Å²) in [7, 11) is 2.03. The van der Waals surface area contributed by atoms with Gasteiger partial charge >= 0.3 is 0 Å². The number of morpholine rings is 1. The van der Waals surface area contributed by atoms with Crippen molar-refractivity contribution in [2.45, 2.75) is 45.3 Å². The molecule has 1 heterocycles. The van der Waals surface area contributed by atoms with Crippen molar-refractivity contribution in [3.05, 3.63) is 35.4 Å². The predicted octanol–water partition coefficient (Wildman–Crippen LogP) is 3.01. The first-order valence-electron chi connectivity index (χ1n) is 8.38. The quantitative estimate of drug-likeness (QED) is 0.835. The average Bonchev–Trinajstić information content (AvgIpc) is 2.51. The van der Waals surface area contributed by atoms with Gasteiger partial charge in [-0.25, -0.2) is 0 Å². The van der Waals surface area contributed by atoms with Crippen LogP contribution in [-0.4, -0.2) is 44.3 Å². The first-order chi connectivity index (χ1) is 10.3. The summed E-state index contributed by atoms with van der Waals surface area (Å²) in [5, 5.41) is 3.45. The maximum atomic E-state index is 6.04. The van der Waals surface area contributed by atoms with Crippen LogP contribution in [0.4, 0.5) is 0 Å². The fourth-order valence-corrected chi connectivity index (χ4v) is 3.20. The number of nitrogens with zero attached hydrogens (tertiary/aromatic N) is 1. The number of nitrogens with one attached hydrogen (secondary N) is 1. The van der Waals surface area contributed by atoms with Crippen molar-refractivity contribution in [1.29, 1.82) is 0 Å². The summed E-state index contributed by atoms with van der Waals surface area (Å²) in [5.41, 5.74) is 2.76. The Morgan fingerprint density at radius 3 is 2.62 bits per heavy atom. The highest BCUT2D eigenvalue weighted by atomic mass is 16.5. The summed E-state index contributed by atoms with van der Waals surface area (Å²) in [5.74, 6) is 0. The van der Waals surface area contributed by atoms with Crippen LogP contribution in [0.25, 0.3) is 0 Å². The second kappa shape index (κ2) is 8.52. The summed E-state index contributed by atoms with van der Waals surface area (Å²) >= 11 is 0. The average molecular weight is 290 g/mol. The monoisotopic (exact) mass is 290 g/mol. The molecule has 3 nitrogen and oxygen atoms in total. The molecule has 0 bridgehead atoms. The third kappa shape index (κ3) is 4.53. The summed E-state index contributed by atoms with van der Waals surface area (Å²) in [4.78, 5) is 2.52. The fraction of sp³-hybridized carbons (Fsp3) is 0.667. The highest BCUT2D eigenvalue weighted by molar-refractivity contribution is 5.26. The number of ether oxygens (including phenoxy) is 1. The number of likely N-dealkylation sites (N-methyl/N-ethyl adjacent to an activating group) is 1. The molecule has 1 aliphatic rings. The number of rotatable bonds is 7. The van der Waals surface area contributed by atoms with Crippen LogP contribution in [-0.2, 0) is 11.2 Å². The summed E-state index contributed by atoms with van der Waals surface area (Å²) in [6.45, 7) is 8.57. The Labute approximate surface area is 129 Å². The van der Waals surface area contributed by atoms with Gasteiger partial charge in [-0.2, -0.15) is 0 Å². The smallest absolute Gasteiger partial charge is 0.0896 e. The van der Waals surface area contributed by atoms with Gasteiger partial charge < -0.3 is 10.1 Å². The second-order valence-electron chi connectivity index (χ2n) is 5.97. The van der Waals surface area contributed by atoms with Gasteiger partial charge in [0.05, 0.1) is 18.8 Å². The molecule has 21 heavy (non-hydrogen) atoms. The van der Waals surface area contributed by atoms with E-state index in [1.54, 1.807) is 0 Å². The maximum Gasteiger partial charge on any atom is 0.0896 e. The number of aryl methyl sites for hydroxylation is 1. The molecule has 2 atom stereocenters. The van der Waals surface area contributed by atoms with Crippen LogP contribution in [0.1, 0.15) is 43.9 Å². The molecule has 0 radical (unpaired) electrons. The van der Waals surface area contributed by atoms with Gasteiger partial charge in [-0.05, 0) is 37.6 Å². The zero-order valence-electron chi connectivity index (χ0n) is 13.8. The van der Waals surface area contributed by atoms with E-state index in [0.29, 0.717) is 0 Å². The first kappa shape index (κ1) is 16.5. The van der Waals surface area contributed by atoms with Crippen molar-refractivity contribution in [3.63, 3.8) is 0 Å². The molecule has 3 heteroatoms. The largest absolute Gasteiger partial charge is 0.374 e. The molecule has 1 aliphatic heterocycles. The third-order valence-corrected chi connectivity index (χ3v) is 4.28. The molecule has 0 spiro atoms. The lowest BCUT2D eigenvalue weighted by atomic mass is 9.98. The molecule has 0 aliphatic carbocycles. The van der Waals surface area contributed by atoms with Crippen LogP contribution < -0.4 is 5.32 Å². The molecular formula is C18H30N2O. The predicted molar refractivity (Wildman–Crippen MR) is 88.7 cm³/mol. The first-order valence-corrected chi connectivity index (χ1v) is 8.38. The van der Waals surface area contributed by atoms with E-state index in [2.05, 4.69) is 48.3 Å². The zero-order chi connectivity index (χ0) is 15.1. The number of hydrogen-bond donors (Lipinski definition) is 1. The lowest BCUT2D eigenvalue weighted by molar-refractivity contribution is -0.0459. The standard InChI is InChI=1S/C18H30N2O/c1-4-6-15-7-9-16(10-8-15)18(19-3)17-14-20(11-5-2)12-13-21-17/h7-10,17-19H,4-6,11-14H2,1-3H3. The number of benzene rings is 1. The zero-order valence-corrected chi connectivity index (χ0v) is 13.8. The molecule has 0 saturated carbocycles. The summed E-state index contributed by atoms with van der Waals surface area (Å²) in [6, 6.07) is 9.31. The van der Waals surface area contributed by atoms with Crippen LogP contribution in [0.15, 0.2) is 24.3 Å². The minimum absolute atomic E-state index is 0.243. The van der Waals surface area contributed by atoms with E-state index in [1.165, 1.54) is 30.5 Å². The summed E-state index contributed by atoms with van der Waals surface area (Å²) < 4.78 is 6.04. The Kier molecular flexibility index (Phi) is 6.68. The van der Waals surface area contributed by atoms with Crippen molar-refractivity contribution in [3.8, 4) is 0 Å². The highest BCUT2D eigenvalue weighted by Crippen LogP contribution is 2.23. The van der Waals surface area contributed by atoms with E-state index < -0.39 is 0 Å². The van der Waals surface area contributed by atoms with E-state index in [9.17, 15) is 0 Å². The van der Waals surface area contributed by atoms with Gasteiger partial charge in [0.25, 0.3) is 0 Å². The molecule has 0 aromatic heterocycles. The Hall–Kier alpha value is -0.900. The molecule has 1 saturated heterocycles. The van der Waals surface area contributed by atoms with Gasteiger partial charge in [0.1, 0.15) is 0 Å². The number of hydrogen-bond acceptors (Lipinski definition) is 3. The molecule has 0 amide bonds. The summed E-state index contributed by atoms with van der Waals surface area (Å²) in [6.07, 6.45) is 3.82. The SMILES string of the molecule is CCCc1ccc(C(NC)C2CN(CCC)CCO2)cc1. The van der Waals surface area contributed by atoms with Gasteiger partial charge in [0, 0.05) is 13.1 Å².